The molecule has 0 aliphatic carbocycles. The zero-order valence-corrected chi connectivity index (χ0v) is 25.1. The van der Waals surface area contributed by atoms with Gasteiger partial charge in [0.05, 0.1) is 11.4 Å². The predicted molar refractivity (Wildman–Crippen MR) is 187 cm³/mol. The van der Waals surface area contributed by atoms with Crippen LogP contribution >= 0.6 is 11.3 Å². The number of thiophene rings is 1. The minimum Gasteiger partial charge on any atom is -0.228 e. The van der Waals surface area contributed by atoms with Crippen molar-refractivity contribution in [1.29, 1.82) is 0 Å². The quantitative estimate of drug-likeness (QED) is 0.202. The maximum absolute atomic E-state index is 5.05. The predicted octanol–water partition coefficient (Wildman–Crippen LogP) is 11.5. The molecule has 2 heterocycles. The van der Waals surface area contributed by atoms with Crippen LogP contribution in [-0.2, 0) is 0 Å². The van der Waals surface area contributed by atoms with E-state index in [1.807, 2.05) is 47.7 Å². The summed E-state index contributed by atoms with van der Waals surface area (Å²) < 4.78 is 2.66. The van der Waals surface area contributed by atoms with Crippen molar-refractivity contribution in [3.05, 3.63) is 157 Å². The average molecular weight is 581 g/mol. The number of rotatable bonds is 5. The Morgan fingerprint density at radius 1 is 0.409 bits per heavy atom. The van der Waals surface area contributed by atoms with Crippen molar-refractivity contribution in [1.82, 2.24) is 9.97 Å². The van der Waals surface area contributed by atoms with E-state index in [-0.39, 0.29) is 0 Å². The summed E-state index contributed by atoms with van der Waals surface area (Å²) in [6, 6.07) is 53.7. The van der Waals surface area contributed by atoms with Crippen molar-refractivity contribution in [2.24, 2.45) is 0 Å². The number of aromatic nitrogens is 2. The van der Waals surface area contributed by atoms with E-state index in [4.69, 9.17) is 9.97 Å². The van der Waals surface area contributed by atoms with Gasteiger partial charge < -0.3 is 0 Å². The molecule has 0 aliphatic rings. The number of hydrogen-bond donors (Lipinski definition) is 0. The molecule has 0 spiro atoms. The molecule has 0 aliphatic heterocycles. The minimum absolute atomic E-state index is 0.726. The van der Waals surface area contributed by atoms with Crippen molar-refractivity contribution in [3.63, 3.8) is 0 Å². The van der Waals surface area contributed by atoms with Crippen LogP contribution in [0.25, 0.3) is 76.3 Å². The van der Waals surface area contributed by atoms with Crippen molar-refractivity contribution < 1.29 is 0 Å². The molecule has 0 saturated heterocycles. The highest BCUT2D eigenvalue weighted by Crippen LogP contribution is 2.37. The zero-order valence-electron chi connectivity index (χ0n) is 24.2. The van der Waals surface area contributed by atoms with Gasteiger partial charge >= 0.3 is 0 Å². The smallest absolute Gasteiger partial charge is 0.160 e. The molecule has 0 N–H and O–H groups in total. The topological polar surface area (TPSA) is 25.8 Å². The van der Waals surface area contributed by atoms with Gasteiger partial charge in [0.15, 0.2) is 5.82 Å². The monoisotopic (exact) mass is 580 g/mol. The van der Waals surface area contributed by atoms with Crippen LogP contribution in [0.4, 0.5) is 0 Å². The van der Waals surface area contributed by atoms with Crippen LogP contribution in [0, 0.1) is 6.92 Å². The fraction of sp³-hybridized carbons (Fsp3) is 0.0244. The summed E-state index contributed by atoms with van der Waals surface area (Å²) in [5.41, 5.74) is 11.0. The maximum Gasteiger partial charge on any atom is 0.160 e. The third-order valence-electron chi connectivity index (χ3n) is 8.27. The Balaban J connectivity index is 1.18. The summed E-state index contributed by atoms with van der Waals surface area (Å²) in [6.45, 7) is 2.17. The van der Waals surface area contributed by atoms with Gasteiger partial charge in [-0.2, -0.15) is 0 Å². The van der Waals surface area contributed by atoms with Crippen LogP contribution < -0.4 is 0 Å². The second-order valence-electron chi connectivity index (χ2n) is 11.1. The minimum atomic E-state index is 0.726. The summed E-state index contributed by atoms with van der Waals surface area (Å²) in [5, 5.41) is 2.65. The molecule has 8 rings (SSSR count). The number of fused-ring (bicyclic) bond motifs is 3. The van der Waals surface area contributed by atoms with Crippen LogP contribution in [0.5, 0.6) is 0 Å². The fourth-order valence-corrected chi connectivity index (χ4v) is 6.99. The van der Waals surface area contributed by atoms with Gasteiger partial charge in [-0.05, 0) is 65.1 Å². The maximum atomic E-state index is 5.05. The van der Waals surface area contributed by atoms with Gasteiger partial charge in [0.1, 0.15) is 0 Å². The largest absolute Gasteiger partial charge is 0.228 e. The molecule has 44 heavy (non-hydrogen) atoms. The molecular formula is C41H28N2S. The summed E-state index contributed by atoms with van der Waals surface area (Å²) in [6.07, 6.45) is 0. The van der Waals surface area contributed by atoms with Gasteiger partial charge in [-0.1, -0.05) is 121 Å². The molecule has 3 heteroatoms. The Kier molecular flexibility index (Phi) is 6.59. The number of benzene rings is 6. The lowest BCUT2D eigenvalue weighted by atomic mass is 9.94. The molecule has 0 bridgehead atoms. The zero-order chi connectivity index (χ0) is 29.5. The second kappa shape index (κ2) is 11.0. The molecule has 0 unspecified atom stereocenters. The van der Waals surface area contributed by atoms with E-state index in [0.717, 1.165) is 33.9 Å². The fourth-order valence-electron chi connectivity index (χ4n) is 5.91. The van der Waals surface area contributed by atoms with E-state index in [0.29, 0.717) is 0 Å². The first-order chi connectivity index (χ1) is 21.7. The van der Waals surface area contributed by atoms with Crippen LogP contribution in [0.15, 0.2) is 152 Å². The molecule has 2 nitrogen and oxygen atoms in total. The van der Waals surface area contributed by atoms with Gasteiger partial charge in [-0.25, -0.2) is 9.97 Å². The molecule has 0 amide bonds. The standard InChI is InChI=1S/C41H28N2S/c1-27-16-17-33(38-26-37(30-10-4-2-5-11-30)42-41(43-38)31-12-6-3-7-13-31)25-35(27)29-20-18-28(19-21-29)32-22-23-40-36(24-32)34-14-8-9-15-39(34)44-40/h2-26H,1H3. The Bertz CT molecular complexity index is 2210. The van der Waals surface area contributed by atoms with Gasteiger partial charge in [-0.15, -0.1) is 11.3 Å². The van der Waals surface area contributed by atoms with E-state index in [9.17, 15) is 0 Å². The molecular weight excluding hydrogens is 553 g/mol. The van der Waals surface area contributed by atoms with Crippen LogP contribution in [0.2, 0.25) is 0 Å². The molecule has 2 aromatic heterocycles. The number of aryl methyl sites for hydroxylation is 1. The highest BCUT2D eigenvalue weighted by Gasteiger charge is 2.13. The van der Waals surface area contributed by atoms with Gasteiger partial charge in [0, 0.05) is 36.9 Å². The molecule has 0 fully saturated rings. The Labute approximate surface area is 261 Å². The first-order valence-electron chi connectivity index (χ1n) is 14.8. The van der Waals surface area contributed by atoms with Crippen molar-refractivity contribution in [2.75, 3.05) is 0 Å². The van der Waals surface area contributed by atoms with Crippen molar-refractivity contribution in [3.8, 4) is 56.2 Å². The van der Waals surface area contributed by atoms with E-state index < -0.39 is 0 Å². The lowest BCUT2D eigenvalue weighted by Gasteiger charge is -2.13. The van der Waals surface area contributed by atoms with Gasteiger partial charge in [-0.3, -0.25) is 0 Å². The van der Waals surface area contributed by atoms with E-state index in [2.05, 4.69) is 122 Å². The highest BCUT2D eigenvalue weighted by molar-refractivity contribution is 7.25. The SMILES string of the molecule is Cc1ccc(-c2cc(-c3ccccc3)nc(-c3ccccc3)n2)cc1-c1ccc(-c2ccc3sc4ccccc4c3c2)cc1. The number of nitrogens with zero attached hydrogens (tertiary/aromatic N) is 2. The average Bonchev–Trinajstić information content (AvgIpc) is 3.47. The highest BCUT2D eigenvalue weighted by atomic mass is 32.1. The third-order valence-corrected chi connectivity index (χ3v) is 9.42. The van der Waals surface area contributed by atoms with Crippen LogP contribution in [0.3, 0.4) is 0 Å². The van der Waals surface area contributed by atoms with E-state index >= 15 is 0 Å². The Hall–Kier alpha value is -5.38. The molecule has 0 radical (unpaired) electrons. The Morgan fingerprint density at radius 3 is 1.77 bits per heavy atom. The Morgan fingerprint density at radius 2 is 1.00 bits per heavy atom. The first kappa shape index (κ1) is 26.3. The molecule has 8 aromatic rings. The van der Waals surface area contributed by atoms with E-state index in [1.165, 1.54) is 48.0 Å². The van der Waals surface area contributed by atoms with Gasteiger partial charge in [0.25, 0.3) is 0 Å². The molecule has 6 aromatic carbocycles. The first-order valence-corrected chi connectivity index (χ1v) is 15.6. The summed E-state index contributed by atoms with van der Waals surface area (Å²) in [4.78, 5) is 10.0. The number of hydrogen-bond acceptors (Lipinski definition) is 3. The third kappa shape index (κ3) is 4.88. The molecule has 0 atom stereocenters. The lowest BCUT2D eigenvalue weighted by Crippen LogP contribution is -1.96. The normalized spacial score (nSPS) is 11.3. The van der Waals surface area contributed by atoms with Crippen molar-refractivity contribution in [2.45, 2.75) is 6.92 Å². The summed E-state index contributed by atoms with van der Waals surface area (Å²) in [7, 11) is 0. The van der Waals surface area contributed by atoms with Crippen LogP contribution in [-0.4, -0.2) is 9.97 Å². The summed E-state index contributed by atoms with van der Waals surface area (Å²) in [5.74, 6) is 0.726. The lowest BCUT2D eigenvalue weighted by molar-refractivity contribution is 1.18. The molecule has 0 saturated carbocycles. The van der Waals surface area contributed by atoms with Gasteiger partial charge in [0.2, 0.25) is 0 Å². The summed E-state index contributed by atoms with van der Waals surface area (Å²) >= 11 is 1.86. The van der Waals surface area contributed by atoms with E-state index in [1.54, 1.807) is 0 Å². The second-order valence-corrected chi connectivity index (χ2v) is 12.2. The molecule has 208 valence electrons. The van der Waals surface area contributed by atoms with Crippen LogP contribution in [0.1, 0.15) is 5.56 Å². The van der Waals surface area contributed by atoms with Crippen molar-refractivity contribution >= 4 is 31.5 Å².